The number of hydrogen-bond donors (Lipinski definition) is 1. The van der Waals surface area contributed by atoms with E-state index < -0.39 is 30.2 Å². The number of amides is 1. The molecule has 6 nitrogen and oxygen atoms in total. The average Bonchev–Trinajstić information content (AvgIpc) is 2.45. The van der Waals surface area contributed by atoms with Crippen LogP contribution in [-0.2, 0) is 4.74 Å². The van der Waals surface area contributed by atoms with E-state index in [0.717, 1.165) is 11.0 Å². The zero-order valence-electron chi connectivity index (χ0n) is 11.1. The Morgan fingerprint density at radius 1 is 1.52 bits per heavy atom. The Balaban J connectivity index is 2.16. The van der Waals surface area contributed by atoms with Gasteiger partial charge in [0.25, 0.3) is 5.91 Å². The Hall–Kier alpha value is -2.03. The van der Waals surface area contributed by atoms with E-state index in [4.69, 9.17) is 4.74 Å². The minimum absolute atomic E-state index is 0.0155. The molecule has 0 aliphatic carbocycles. The van der Waals surface area contributed by atoms with Crippen LogP contribution in [0.25, 0.3) is 0 Å². The monoisotopic (exact) mass is 306 g/mol. The summed E-state index contributed by atoms with van der Waals surface area (Å²) in [5, 5.41) is 0. The molecule has 1 aliphatic rings. The van der Waals surface area contributed by atoms with Gasteiger partial charge in [0, 0.05) is 18.8 Å². The smallest absolute Gasteiger partial charge is 0.416 e. The molecule has 1 N–H and O–H groups in total. The summed E-state index contributed by atoms with van der Waals surface area (Å²) in [7, 11) is 1.29. The number of pyridine rings is 1. The van der Waals surface area contributed by atoms with E-state index in [1.54, 1.807) is 0 Å². The maximum atomic E-state index is 12.6. The fourth-order valence-electron chi connectivity index (χ4n) is 1.94. The normalized spacial score (nSPS) is 19.4. The van der Waals surface area contributed by atoms with Gasteiger partial charge in [-0.15, -0.1) is 0 Å². The molecule has 0 spiro atoms. The van der Waals surface area contributed by atoms with Crippen molar-refractivity contribution in [1.29, 1.82) is 0 Å². The minimum Gasteiger partial charge on any atom is -0.491 e. The van der Waals surface area contributed by atoms with Crippen molar-refractivity contribution in [2.75, 3.05) is 26.8 Å². The molecule has 21 heavy (non-hydrogen) atoms. The number of hydrogen-bond acceptors (Lipinski definition) is 4. The summed E-state index contributed by atoms with van der Waals surface area (Å²) in [5.74, 6) is -0.672. The number of carbonyl (C=O) groups excluding carboxylic acids is 1. The molecule has 116 valence electrons. The van der Waals surface area contributed by atoms with Crippen molar-refractivity contribution in [3.63, 3.8) is 0 Å². The minimum atomic E-state index is -4.54. The molecule has 1 atom stereocenters. The number of morpholine rings is 1. The quantitative estimate of drug-likeness (QED) is 0.877. The third-order valence-corrected chi connectivity index (χ3v) is 3.05. The SMILES string of the molecule is COc1c[nH]c(C(=O)N2CCO[C@@H](C(F)(F)F)C2)cc1=O. The molecule has 2 heterocycles. The van der Waals surface area contributed by atoms with Gasteiger partial charge in [-0.3, -0.25) is 9.59 Å². The van der Waals surface area contributed by atoms with Crippen LogP contribution in [0.15, 0.2) is 17.1 Å². The summed E-state index contributed by atoms with van der Waals surface area (Å²) in [5.41, 5.74) is -0.621. The van der Waals surface area contributed by atoms with Crippen LogP contribution in [0.4, 0.5) is 13.2 Å². The van der Waals surface area contributed by atoms with E-state index in [0.29, 0.717) is 0 Å². The van der Waals surface area contributed by atoms with E-state index in [9.17, 15) is 22.8 Å². The van der Waals surface area contributed by atoms with Gasteiger partial charge in [-0.2, -0.15) is 13.2 Å². The number of ether oxygens (including phenoxy) is 2. The number of aromatic amines is 1. The van der Waals surface area contributed by atoms with Crippen LogP contribution < -0.4 is 10.2 Å². The first-order valence-corrected chi connectivity index (χ1v) is 6.07. The maximum Gasteiger partial charge on any atom is 0.416 e. The van der Waals surface area contributed by atoms with Gasteiger partial charge < -0.3 is 19.4 Å². The molecule has 1 amide bonds. The average molecular weight is 306 g/mol. The summed E-state index contributed by atoms with van der Waals surface area (Å²) in [6.45, 7) is -0.786. The maximum absolute atomic E-state index is 12.6. The highest BCUT2D eigenvalue weighted by Gasteiger charge is 2.44. The van der Waals surface area contributed by atoms with Gasteiger partial charge in [0.1, 0.15) is 5.69 Å². The van der Waals surface area contributed by atoms with Gasteiger partial charge >= 0.3 is 6.18 Å². The fourth-order valence-corrected chi connectivity index (χ4v) is 1.94. The summed E-state index contributed by atoms with van der Waals surface area (Å²) in [6.07, 6.45) is -5.36. The lowest BCUT2D eigenvalue weighted by atomic mass is 10.2. The highest BCUT2D eigenvalue weighted by molar-refractivity contribution is 5.92. The molecule has 0 aromatic carbocycles. The second-order valence-electron chi connectivity index (χ2n) is 4.43. The number of halogens is 3. The van der Waals surface area contributed by atoms with Crippen LogP contribution in [0.1, 0.15) is 10.5 Å². The van der Waals surface area contributed by atoms with E-state index in [1.165, 1.54) is 13.3 Å². The number of aromatic nitrogens is 1. The Bertz CT molecular complexity index is 585. The lowest BCUT2D eigenvalue weighted by molar-refractivity contribution is -0.233. The molecule has 0 unspecified atom stereocenters. The summed E-state index contributed by atoms with van der Waals surface area (Å²) >= 11 is 0. The molecule has 1 aromatic rings. The third-order valence-electron chi connectivity index (χ3n) is 3.05. The van der Waals surface area contributed by atoms with E-state index in [1.807, 2.05) is 0 Å². The second-order valence-corrected chi connectivity index (χ2v) is 4.43. The molecular formula is C12H13F3N2O4. The fraction of sp³-hybridized carbons (Fsp3) is 0.500. The zero-order valence-corrected chi connectivity index (χ0v) is 11.1. The number of methoxy groups -OCH3 is 1. The Morgan fingerprint density at radius 3 is 2.81 bits per heavy atom. The standard InChI is InChI=1S/C12H13F3N2O4/c1-20-9-5-16-7(4-8(9)18)11(19)17-2-3-21-10(6-17)12(13,14)15/h4-5,10H,2-3,6H2,1H3,(H,16,18)/t10-/m1/s1. The highest BCUT2D eigenvalue weighted by Crippen LogP contribution is 2.26. The van der Waals surface area contributed by atoms with E-state index in [2.05, 4.69) is 9.72 Å². The molecule has 2 rings (SSSR count). The molecule has 1 aromatic heterocycles. The van der Waals surface area contributed by atoms with E-state index >= 15 is 0 Å². The second kappa shape index (κ2) is 5.76. The molecule has 9 heteroatoms. The molecule has 1 fully saturated rings. The third kappa shape index (κ3) is 3.35. The molecular weight excluding hydrogens is 293 g/mol. The number of rotatable bonds is 2. The first-order chi connectivity index (χ1) is 9.82. The summed E-state index contributed by atoms with van der Waals surface area (Å²) < 4.78 is 47.2. The predicted molar refractivity (Wildman–Crippen MR) is 65.3 cm³/mol. The molecule has 0 bridgehead atoms. The van der Waals surface area contributed by atoms with Crippen LogP contribution in [0, 0.1) is 0 Å². The number of nitrogens with one attached hydrogen (secondary N) is 1. The van der Waals surface area contributed by atoms with Gasteiger partial charge in [-0.05, 0) is 0 Å². The van der Waals surface area contributed by atoms with Crippen LogP contribution >= 0.6 is 0 Å². The topological polar surface area (TPSA) is 71.6 Å². The molecule has 0 saturated carbocycles. The Kier molecular flexibility index (Phi) is 4.21. The van der Waals surface area contributed by atoms with Crippen molar-refractivity contribution < 1.29 is 27.4 Å². The van der Waals surface area contributed by atoms with Crippen molar-refractivity contribution in [2.24, 2.45) is 0 Å². The van der Waals surface area contributed by atoms with Crippen molar-refractivity contribution in [1.82, 2.24) is 9.88 Å². The first kappa shape index (κ1) is 15.4. The number of H-pyrrole nitrogens is 1. The first-order valence-electron chi connectivity index (χ1n) is 6.07. The number of carbonyl (C=O) groups is 1. The largest absolute Gasteiger partial charge is 0.491 e. The van der Waals surface area contributed by atoms with Gasteiger partial charge in [-0.1, -0.05) is 0 Å². The summed E-state index contributed by atoms with van der Waals surface area (Å²) in [6, 6.07) is 0.999. The Labute approximate surface area is 117 Å². The van der Waals surface area contributed by atoms with Crippen molar-refractivity contribution in [2.45, 2.75) is 12.3 Å². The van der Waals surface area contributed by atoms with Crippen molar-refractivity contribution in [3.05, 3.63) is 28.2 Å². The Morgan fingerprint density at radius 2 is 2.24 bits per heavy atom. The van der Waals surface area contributed by atoms with Crippen LogP contribution in [0.5, 0.6) is 5.75 Å². The lowest BCUT2D eigenvalue weighted by Gasteiger charge is -2.33. The van der Waals surface area contributed by atoms with Crippen molar-refractivity contribution in [3.8, 4) is 5.75 Å². The molecule has 1 aliphatic heterocycles. The molecule has 1 saturated heterocycles. The van der Waals surface area contributed by atoms with Gasteiger partial charge in [0.2, 0.25) is 5.43 Å². The molecule has 0 radical (unpaired) electrons. The van der Waals surface area contributed by atoms with Gasteiger partial charge in [0.05, 0.1) is 20.3 Å². The van der Waals surface area contributed by atoms with Gasteiger partial charge in [0.15, 0.2) is 11.9 Å². The highest BCUT2D eigenvalue weighted by atomic mass is 19.4. The zero-order chi connectivity index (χ0) is 15.6. The lowest BCUT2D eigenvalue weighted by Crippen LogP contribution is -2.51. The van der Waals surface area contributed by atoms with Crippen LogP contribution in [0.3, 0.4) is 0 Å². The van der Waals surface area contributed by atoms with Crippen molar-refractivity contribution >= 4 is 5.91 Å². The summed E-state index contributed by atoms with van der Waals surface area (Å²) in [4.78, 5) is 27.2. The number of alkyl halides is 3. The van der Waals surface area contributed by atoms with Crippen LogP contribution in [-0.4, -0.2) is 54.9 Å². The van der Waals surface area contributed by atoms with E-state index in [-0.39, 0.29) is 24.6 Å². The van der Waals surface area contributed by atoms with Gasteiger partial charge in [-0.25, -0.2) is 0 Å². The number of nitrogens with zero attached hydrogens (tertiary/aromatic N) is 1. The predicted octanol–water partition coefficient (Wildman–Crippen LogP) is 0.787. The van der Waals surface area contributed by atoms with Crippen LogP contribution in [0.2, 0.25) is 0 Å².